The van der Waals surface area contributed by atoms with Crippen LogP contribution in [0.1, 0.15) is 30.2 Å². The molecule has 0 saturated heterocycles. The largest absolute Gasteiger partial charge is 0.339 e. The maximum atomic E-state index is 6.08. The lowest BCUT2D eigenvalue weighted by molar-refractivity contribution is 0.375. The fourth-order valence-corrected chi connectivity index (χ4v) is 1.86. The van der Waals surface area contributed by atoms with E-state index in [1.165, 1.54) is 0 Å². The maximum absolute atomic E-state index is 6.08. The lowest BCUT2D eigenvalue weighted by atomic mass is 10.1. The van der Waals surface area contributed by atoms with Crippen molar-refractivity contribution in [2.45, 2.75) is 19.4 Å². The van der Waals surface area contributed by atoms with Crippen LogP contribution in [0, 0.1) is 0 Å². The quantitative estimate of drug-likeness (QED) is 0.932. The average Bonchev–Trinajstić information content (AvgIpc) is 2.80. The predicted octanol–water partition coefficient (Wildman–Crippen LogP) is 2.99. The summed E-state index contributed by atoms with van der Waals surface area (Å²) in [6, 6.07) is 4.74. The van der Waals surface area contributed by atoms with E-state index in [9.17, 15) is 0 Å². The molecule has 1 unspecified atom stereocenters. The van der Waals surface area contributed by atoms with Crippen molar-refractivity contribution in [3.05, 3.63) is 45.5 Å². The summed E-state index contributed by atoms with van der Waals surface area (Å²) in [5.41, 5.74) is 6.71. The fourth-order valence-electron chi connectivity index (χ4n) is 1.44. The number of nitrogens with two attached hydrogens (primary N) is 1. The molecule has 17 heavy (non-hydrogen) atoms. The van der Waals surface area contributed by atoms with E-state index >= 15 is 0 Å². The summed E-state index contributed by atoms with van der Waals surface area (Å²) in [5, 5.41) is 4.70. The first-order valence-electron chi connectivity index (χ1n) is 5.15. The van der Waals surface area contributed by atoms with Crippen molar-refractivity contribution in [2.75, 3.05) is 0 Å². The molecule has 2 aromatic rings. The molecule has 0 aliphatic carbocycles. The van der Waals surface area contributed by atoms with E-state index in [1.807, 2.05) is 6.92 Å². The molecule has 1 atom stereocenters. The Bertz CT molecular complexity index is 527. The molecule has 0 amide bonds. The normalized spacial score (nSPS) is 12.7. The standard InChI is InChI=1S/C11H11Cl2N3O/c1-2-8-15-11(16-17-8)10(14)6-4-3-5-7(12)9(6)13/h3-5,10H,2,14H2,1H3. The van der Waals surface area contributed by atoms with E-state index in [1.54, 1.807) is 18.2 Å². The van der Waals surface area contributed by atoms with Crippen LogP contribution in [0.15, 0.2) is 22.7 Å². The number of hydrogen-bond donors (Lipinski definition) is 1. The molecular formula is C11H11Cl2N3O. The molecule has 0 radical (unpaired) electrons. The number of aryl methyl sites for hydroxylation is 1. The van der Waals surface area contributed by atoms with Gasteiger partial charge in [-0.2, -0.15) is 4.98 Å². The number of rotatable bonds is 3. The predicted molar refractivity (Wildman–Crippen MR) is 66.2 cm³/mol. The minimum atomic E-state index is -0.537. The second-order valence-electron chi connectivity index (χ2n) is 3.52. The zero-order valence-corrected chi connectivity index (χ0v) is 10.7. The van der Waals surface area contributed by atoms with E-state index in [0.29, 0.717) is 33.7 Å². The van der Waals surface area contributed by atoms with Crippen LogP contribution in [0.5, 0.6) is 0 Å². The van der Waals surface area contributed by atoms with Gasteiger partial charge in [0.25, 0.3) is 0 Å². The molecule has 0 saturated carbocycles. The highest BCUT2D eigenvalue weighted by Gasteiger charge is 2.19. The third-order valence-corrected chi connectivity index (χ3v) is 3.21. The monoisotopic (exact) mass is 271 g/mol. The summed E-state index contributed by atoms with van der Waals surface area (Å²) < 4.78 is 5.01. The number of halogens is 2. The number of hydrogen-bond acceptors (Lipinski definition) is 4. The van der Waals surface area contributed by atoms with E-state index in [0.717, 1.165) is 0 Å². The van der Waals surface area contributed by atoms with Gasteiger partial charge in [0.1, 0.15) is 0 Å². The summed E-state index contributed by atoms with van der Waals surface area (Å²) in [4.78, 5) is 4.17. The van der Waals surface area contributed by atoms with Gasteiger partial charge in [-0.25, -0.2) is 0 Å². The molecule has 1 aromatic heterocycles. The molecular weight excluding hydrogens is 261 g/mol. The van der Waals surface area contributed by atoms with E-state index in [-0.39, 0.29) is 0 Å². The van der Waals surface area contributed by atoms with E-state index in [4.69, 9.17) is 33.5 Å². The number of nitrogens with zero attached hydrogens (tertiary/aromatic N) is 2. The summed E-state index contributed by atoms with van der Waals surface area (Å²) in [6.07, 6.45) is 0.670. The molecule has 0 aliphatic heterocycles. The molecule has 6 heteroatoms. The first-order chi connectivity index (χ1) is 8.13. The average molecular weight is 272 g/mol. The van der Waals surface area contributed by atoms with Gasteiger partial charge in [-0.3, -0.25) is 0 Å². The lowest BCUT2D eigenvalue weighted by Gasteiger charge is -2.10. The maximum Gasteiger partial charge on any atom is 0.226 e. The Morgan fingerprint density at radius 1 is 1.41 bits per heavy atom. The topological polar surface area (TPSA) is 64.9 Å². The number of benzene rings is 1. The van der Waals surface area contributed by atoms with E-state index < -0.39 is 6.04 Å². The fraction of sp³-hybridized carbons (Fsp3) is 0.273. The Morgan fingerprint density at radius 3 is 2.82 bits per heavy atom. The third-order valence-electron chi connectivity index (χ3n) is 2.38. The van der Waals surface area contributed by atoms with Gasteiger partial charge in [-0.05, 0) is 11.6 Å². The molecule has 90 valence electrons. The summed E-state index contributed by atoms with van der Waals surface area (Å²) >= 11 is 12.0. The van der Waals surface area contributed by atoms with Crippen LogP contribution >= 0.6 is 23.2 Å². The molecule has 0 fully saturated rings. The minimum absolute atomic E-state index is 0.408. The third kappa shape index (κ3) is 2.44. The first-order valence-corrected chi connectivity index (χ1v) is 5.91. The van der Waals surface area contributed by atoms with Gasteiger partial charge in [-0.15, -0.1) is 0 Å². The van der Waals surface area contributed by atoms with Gasteiger partial charge in [0.05, 0.1) is 16.1 Å². The van der Waals surface area contributed by atoms with Crippen molar-refractivity contribution in [1.29, 1.82) is 0 Å². The van der Waals surface area contributed by atoms with Gasteiger partial charge in [0, 0.05) is 6.42 Å². The summed E-state index contributed by atoms with van der Waals surface area (Å²) in [7, 11) is 0. The molecule has 0 aliphatic rings. The molecule has 0 bridgehead atoms. The molecule has 2 N–H and O–H groups in total. The highest BCUT2D eigenvalue weighted by atomic mass is 35.5. The van der Waals surface area contributed by atoms with Crippen LogP contribution in [0.4, 0.5) is 0 Å². The van der Waals surface area contributed by atoms with Gasteiger partial charge in [-0.1, -0.05) is 47.4 Å². The highest BCUT2D eigenvalue weighted by Crippen LogP contribution is 2.30. The molecule has 1 heterocycles. The smallest absolute Gasteiger partial charge is 0.226 e. The zero-order valence-electron chi connectivity index (χ0n) is 9.15. The Labute approximate surface area is 109 Å². The van der Waals surface area contributed by atoms with Crippen LogP contribution in [0.2, 0.25) is 10.0 Å². The second kappa shape index (κ2) is 5.04. The van der Waals surface area contributed by atoms with Crippen LogP contribution in [0.3, 0.4) is 0 Å². The van der Waals surface area contributed by atoms with Crippen LogP contribution in [-0.2, 0) is 6.42 Å². The molecule has 2 rings (SSSR count). The van der Waals surface area contributed by atoms with Gasteiger partial charge in [0.15, 0.2) is 5.82 Å². The Balaban J connectivity index is 2.36. The van der Waals surface area contributed by atoms with Gasteiger partial charge < -0.3 is 10.3 Å². The van der Waals surface area contributed by atoms with Crippen LogP contribution in [-0.4, -0.2) is 10.1 Å². The second-order valence-corrected chi connectivity index (χ2v) is 4.31. The molecule has 1 aromatic carbocycles. The summed E-state index contributed by atoms with van der Waals surface area (Å²) in [6.45, 7) is 1.93. The van der Waals surface area contributed by atoms with Crippen LogP contribution in [0.25, 0.3) is 0 Å². The SMILES string of the molecule is CCc1nc(C(N)c2cccc(Cl)c2Cl)no1. The highest BCUT2D eigenvalue weighted by molar-refractivity contribution is 6.42. The van der Waals surface area contributed by atoms with E-state index in [2.05, 4.69) is 10.1 Å². The molecule has 4 nitrogen and oxygen atoms in total. The van der Waals surface area contributed by atoms with Crippen molar-refractivity contribution in [2.24, 2.45) is 5.73 Å². The summed E-state index contributed by atoms with van der Waals surface area (Å²) in [5.74, 6) is 0.958. The van der Waals surface area contributed by atoms with Crippen molar-refractivity contribution in [3.8, 4) is 0 Å². The van der Waals surface area contributed by atoms with Crippen molar-refractivity contribution in [1.82, 2.24) is 10.1 Å². The van der Waals surface area contributed by atoms with Crippen LogP contribution < -0.4 is 5.73 Å². The number of aromatic nitrogens is 2. The first kappa shape index (κ1) is 12.4. The van der Waals surface area contributed by atoms with Gasteiger partial charge >= 0.3 is 0 Å². The zero-order chi connectivity index (χ0) is 12.4. The Kier molecular flexibility index (Phi) is 3.66. The Morgan fingerprint density at radius 2 is 2.18 bits per heavy atom. The minimum Gasteiger partial charge on any atom is -0.339 e. The lowest BCUT2D eigenvalue weighted by Crippen LogP contribution is -2.14. The van der Waals surface area contributed by atoms with Crippen molar-refractivity contribution in [3.63, 3.8) is 0 Å². The molecule has 0 spiro atoms. The van der Waals surface area contributed by atoms with Crippen molar-refractivity contribution < 1.29 is 4.52 Å². The van der Waals surface area contributed by atoms with Gasteiger partial charge in [0.2, 0.25) is 5.89 Å². The Hall–Kier alpha value is -1.10. The van der Waals surface area contributed by atoms with Crippen molar-refractivity contribution >= 4 is 23.2 Å².